The number of nitrogens with zero attached hydrogens (tertiary/aromatic N) is 2. The zero-order chi connectivity index (χ0) is 13.4. The van der Waals surface area contributed by atoms with E-state index in [9.17, 15) is 4.79 Å². The SMILES string of the molecule is O=C1C[C@H](c2n[nH]c(=S)o2)CN1c1ccc(Cl)cc1. The van der Waals surface area contributed by atoms with Crippen molar-refractivity contribution < 1.29 is 9.21 Å². The largest absolute Gasteiger partial charge is 0.414 e. The lowest BCUT2D eigenvalue weighted by atomic mass is 10.1. The summed E-state index contributed by atoms with van der Waals surface area (Å²) in [6.07, 6.45) is 0.367. The van der Waals surface area contributed by atoms with E-state index in [4.69, 9.17) is 28.2 Å². The first-order valence-corrected chi connectivity index (χ1v) is 6.53. The highest BCUT2D eigenvalue weighted by molar-refractivity contribution is 7.71. The van der Waals surface area contributed by atoms with Crippen LogP contribution in [0.2, 0.25) is 5.02 Å². The van der Waals surface area contributed by atoms with Gasteiger partial charge in [0.05, 0.1) is 5.92 Å². The monoisotopic (exact) mass is 295 g/mol. The summed E-state index contributed by atoms with van der Waals surface area (Å²) >= 11 is 10.7. The Morgan fingerprint density at radius 3 is 2.79 bits per heavy atom. The third-order valence-electron chi connectivity index (χ3n) is 3.07. The van der Waals surface area contributed by atoms with E-state index in [2.05, 4.69) is 10.2 Å². The van der Waals surface area contributed by atoms with Crippen molar-refractivity contribution in [3.05, 3.63) is 40.0 Å². The van der Waals surface area contributed by atoms with Crippen LogP contribution in [0.15, 0.2) is 28.7 Å². The van der Waals surface area contributed by atoms with E-state index >= 15 is 0 Å². The Kier molecular flexibility index (Phi) is 3.12. The maximum Gasteiger partial charge on any atom is 0.284 e. The summed E-state index contributed by atoms with van der Waals surface area (Å²) in [4.78, 5) is 14.0. The molecule has 2 heterocycles. The van der Waals surface area contributed by atoms with Gasteiger partial charge >= 0.3 is 0 Å². The second-order valence-electron chi connectivity index (χ2n) is 4.33. The fraction of sp³-hybridized carbons (Fsp3) is 0.250. The molecule has 0 radical (unpaired) electrons. The molecule has 1 saturated heterocycles. The molecule has 1 aliphatic heterocycles. The van der Waals surface area contributed by atoms with Crippen LogP contribution in [0, 0.1) is 4.84 Å². The van der Waals surface area contributed by atoms with E-state index in [0.717, 1.165) is 5.69 Å². The van der Waals surface area contributed by atoms with Crippen LogP contribution in [0.4, 0.5) is 5.69 Å². The number of carbonyl (C=O) groups is 1. The Morgan fingerprint density at radius 2 is 2.16 bits per heavy atom. The van der Waals surface area contributed by atoms with Crippen LogP contribution < -0.4 is 4.90 Å². The van der Waals surface area contributed by atoms with E-state index in [0.29, 0.717) is 23.9 Å². The number of nitrogens with one attached hydrogen (secondary N) is 1. The van der Waals surface area contributed by atoms with E-state index in [1.807, 2.05) is 12.1 Å². The predicted octanol–water partition coefficient (Wildman–Crippen LogP) is 2.91. The molecule has 98 valence electrons. The number of H-pyrrole nitrogens is 1. The molecule has 7 heteroatoms. The van der Waals surface area contributed by atoms with Crippen molar-refractivity contribution in [2.24, 2.45) is 0 Å². The molecule has 0 saturated carbocycles. The van der Waals surface area contributed by atoms with Crippen LogP contribution in [0.1, 0.15) is 18.2 Å². The molecule has 0 aliphatic carbocycles. The lowest BCUT2D eigenvalue weighted by Crippen LogP contribution is -2.24. The number of halogens is 1. The van der Waals surface area contributed by atoms with E-state index in [1.54, 1.807) is 17.0 Å². The van der Waals surface area contributed by atoms with Crippen molar-refractivity contribution in [3.8, 4) is 0 Å². The lowest BCUT2D eigenvalue weighted by molar-refractivity contribution is -0.117. The quantitative estimate of drug-likeness (QED) is 0.865. The molecular weight excluding hydrogens is 286 g/mol. The van der Waals surface area contributed by atoms with Crippen LogP contribution in [-0.2, 0) is 4.79 Å². The van der Waals surface area contributed by atoms with Crippen LogP contribution in [-0.4, -0.2) is 22.6 Å². The summed E-state index contributed by atoms with van der Waals surface area (Å²) in [5.74, 6) is 0.447. The molecule has 1 aliphatic rings. The predicted molar refractivity (Wildman–Crippen MR) is 72.9 cm³/mol. The third kappa shape index (κ3) is 2.41. The first-order valence-electron chi connectivity index (χ1n) is 5.75. The summed E-state index contributed by atoms with van der Waals surface area (Å²) < 4.78 is 5.27. The van der Waals surface area contributed by atoms with Gasteiger partial charge in [0.2, 0.25) is 11.8 Å². The smallest absolute Gasteiger partial charge is 0.284 e. The Hall–Kier alpha value is -1.66. The van der Waals surface area contributed by atoms with Gasteiger partial charge in [0.25, 0.3) is 4.84 Å². The van der Waals surface area contributed by atoms with Gasteiger partial charge < -0.3 is 9.32 Å². The van der Waals surface area contributed by atoms with Crippen molar-refractivity contribution in [2.45, 2.75) is 12.3 Å². The maximum absolute atomic E-state index is 12.0. The molecule has 1 amide bonds. The van der Waals surface area contributed by atoms with Crippen LogP contribution >= 0.6 is 23.8 Å². The molecular formula is C12H10ClN3O2S. The molecule has 2 aromatic rings. The molecule has 1 atom stereocenters. The molecule has 0 bridgehead atoms. The number of rotatable bonds is 2. The lowest BCUT2D eigenvalue weighted by Gasteiger charge is -2.15. The average Bonchev–Trinajstić information content (AvgIpc) is 2.97. The summed E-state index contributed by atoms with van der Waals surface area (Å²) in [5, 5.41) is 7.20. The molecule has 1 aromatic heterocycles. The number of anilines is 1. The van der Waals surface area contributed by atoms with E-state index in [1.165, 1.54) is 0 Å². The molecule has 0 unspecified atom stereocenters. The van der Waals surface area contributed by atoms with Gasteiger partial charge in [-0.05, 0) is 36.5 Å². The van der Waals surface area contributed by atoms with E-state index in [-0.39, 0.29) is 16.7 Å². The molecule has 1 N–H and O–H groups in total. The van der Waals surface area contributed by atoms with Crippen LogP contribution in [0.25, 0.3) is 0 Å². The van der Waals surface area contributed by atoms with Crippen molar-refractivity contribution >= 4 is 35.4 Å². The zero-order valence-electron chi connectivity index (χ0n) is 9.80. The first-order chi connectivity index (χ1) is 9.13. The van der Waals surface area contributed by atoms with Gasteiger partial charge in [0.1, 0.15) is 0 Å². The minimum absolute atomic E-state index is 0.0384. The van der Waals surface area contributed by atoms with Gasteiger partial charge in [0.15, 0.2) is 0 Å². The van der Waals surface area contributed by atoms with Crippen molar-refractivity contribution in [3.63, 3.8) is 0 Å². The maximum atomic E-state index is 12.0. The van der Waals surface area contributed by atoms with Gasteiger partial charge in [-0.3, -0.25) is 4.79 Å². The molecule has 19 heavy (non-hydrogen) atoms. The number of hydrogen-bond donors (Lipinski definition) is 1. The van der Waals surface area contributed by atoms with Crippen molar-refractivity contribution in [1.29, 1.82) is 0 Å². The number of aromatic nitrogens is 2. The highest BCUT2D eigenvalue weighted by Crippen LogP contribution is 2.31. The van der Waals surface area contributed by atoms with E-state index < -0.39 is 0 Å². The second kappa shape index (κ2) is 4.79. The van der Waals surface area contributed by atoms with Crippen LogP contribution in [0.5, 0.6) is 0 Å². The Labute approximate surface area is 119 Å². The number of benzene rings is 1. The highest BCUT2D eigenvalue weighted by atomic mass is 35.5. The Balaban J connectivity index is 1.84. The number of carbonyl (C=O) groups excluding carboxylic acids is 1. The normalized spacial score (nSPS) is 19.1. The van der Waals surface area contributed by atoms with Gasteiger partial charge in [-0.2, -0.15) is 0 Å². The summed E-state index contributed by atoms with van der Waals surface area (Å²) in [6.45, 7) is 0.531. The zero-order valence-corrected chi connectivity index (χ0v) is 11.4. The minimum atomic E-state index is -0.0730. The topological polar surface area (TPSA) is 62.1 Å². The average molecular weight is 296 g/mol. The fourth-order valence-corrected chi connectivity index (χ4v) is 2.42. The number of aromatic amines is 1. The minimum Gasteiger partial charge on any atom is -0.414 e. The molecule has 1 aromatic carbocycles. The molecule has 1 fully saturated rings. The first kappa shape index (κ1) is 12.4. The Bertz CT molecular complexity index is 664. The standard InChI is InChI=1S/C12H10ClN3O2S/c13-8-1-3-9(4-2-8)16-6-7(5-10(16)17)11-14-15-12(19)18-11/h1-4,7H,5-6H2,(H,15,19)/t7-/m0/s1. The van der Waals surface area contributed by atoms with Gasteiger partial charge in [-0.1, -0.05) is 11.6 Å². The van der Waals surface area contributed by atoms with Crippen molar-refractivity contribution in [2.75, 3.05) is 11.4 Å². The summed E-state index contributed by atoms with van der Waals surface area (Å²) in [5.41, 5.74) is 0.825. The van der Waals surface area contributed by atoms with Crippen LogP contribution in [0.3, 0.4) is 0 Å². The summed E-state index contributed by atoms with van der Waals surface area (Å²) in [6, 6.07) is 7.17. The highest BCUT2D eigenvalue weighted by Gasteiger charge is 2.34. The Morgan fingerprint density at radius 1 is 1.42 bits per heavy atom. The van der Waals surface area contributed by atoms with Gasteiger partial charge in [-0.25, -0.2) is 5.10 Å². The summed E-state index contributed by atoms with van der Waals surface area (Å²) in [7, 11) is 0. The fourth-order valence-electron chi connectivity index (χ4n) is 2.16. The molecule has 3 rings (SSSR count). The second-order valence-corrected chi connectivity index (χ2v) is 5.14. The number of amides is 1. The van der Waals surface area contributed by atoms with Gasteiger partial charge in [0, 0.05) is 23.7 Å². The molecule has 5 nitrogen and oxygen atoms in total. The third-order valence-corrected chi connectivity index (χ3v) is 3.49. The molecule has 0 spiro atoms. The van der Waals surface area contributed by atoms with Gasteiger partial charge in [-0.15, -0.1) is 5.10 Å². The van der Waals surface area contributed by atoms with Crippen molar-refractivity contribution in [1.82, 2.24) is 10.2 Å². The number of hydrogen-bond acceptors (Lipinski definition) is 4.